The minimum Gasteiger partial charge on any atom is -0.507 e. The Labute approximate surface area is 281 Å². The van der Waals surface area contributed by atoms with Crippen molar-refractivity contribution in [3.8, 4) is 28.1 Å². The molecule has 264 valence electrons. The summed E-state index contributed by atoms with van der Waals surface area (Å²) in [6, 6.07) is 8.28. The Bertz CT molecular complexity index is 1960. The number of pyridine rings is 1. The van der Waals surface area contributed by atoms with E-state index in [1.165, 1.54) is 29.7 Å². The highest BCUT2D eigenvalue weighted by Crippen LogP contribution is 2.42. The van der Waals surface area contributed by atoms with E-state index in [-0.39, 0.29) is 24.1 Å². The minimum absolute atomic E-state index is 0.0174. The molecule has 2 aliphatic rings. The van der Waals surface area contributed by atoms with Crippen LogP contribution in [0.15, 0.2) is 48.5 Å². The predicted octanol–water partition coefficient (Wildman–Crippen LogP) is 7.28. The predicted molar refractivity (Wildman–Crippen MR) is 167 cm³/mol. The summed E-state index contributed by atoms with van der Waals surface area (Å²) in [7, 11) is 2.84. The Morgan fingerprint density at radius 2 is 1.66 bits per heavy atom. The highest BCUT2D eigenvalue weighted by atomic mass is 19.4. The van der Waals surface area contributed by atoms with E-state index in [2.05, 4.69) is 5.10 Å². The van der Waals surface area contributed by atoms with Crippen molar-refractivity contribution in [2.45, 2.75) is 51.3 Å². The van der Waals surface area contributed by atoms with Crippen molar-refractivity contribution in [3.63, 3.8) is 0 Å². The van der Waals surface area contributed by atoms with Crippen molar-refractivity contribution >= 4 is 17.9 Å². The molecule has 6 rings (SSSR count). The number of carbonyl (C=O) groups is 2. The van der Waals surface area contributed by atoms with Crippen LogP contribution >= 0.6 is 0 Å². The Kier molecular flexibility index (Phi) is 8.68. The van der Waals surface area contributed by atoms with Gasteiger partial charge in [0.2, 0.25) is 0 Å². The van der Waals surface area contributed by atoms with Gasteiger partial charge in [0.25, 0.3) is 0 Å². The second kappa shape index (κ2) is 12.6. The lowest BCUT2D eigenvalue weighted by Gasteiger charge is -2.33. The number of hydrogen-bond acceptors (Lipinski definition) is 8. The molecular formula is C34H31F6N5O5. The quantitative estimate of drug-likeness (QED) is 0.158. The van der Waals surface area contributed by atoms with Crippen molar-refractivity contribution in [1.82, 2.24) is 19.7 Å². The zero-order chi connectivity index (χ0) is 36.3. The Morgan fingerprint density at radius 1 is 1.00 bits per heavy atom. The lowest BCUT2D eigenvalue weighted by atomic mass is 9.96. The summed E-state index contributed by atoms with van der Waals surface area (Å²) in [5, 5.41) is 15.5. The van der Waals surface area contributed by atoms with E-state index >= 15 is 0 Å². The van der Waals surface area contributed by atoms with Crippen molar-refractivity contribution in [3.05, 3.63) is 82.2 Å². The van der Waals surface area contributed by atoms with Gasteiger partial charge in [0.05, 0.1) is 42.2 Å². The average Bonchev–Trinajstić information content (AvgIpc) is 3.48. The maximum atomic E-state index is 13.6. The molecule has 50 heavy (non-hydrogen) atoms. The van der Waals surface area contributed by atoms with Gasteiger partial charge in [-0.25, -0.2) is 14.6 Å². The van der Waals surface area contributed by atoms with E-state index in [4.69, 9.17) is 14.5 Å². The third kappa shape index (κ3) is 6.29. The highest BCUT2D eigenvalue weighted by molar-refractivity contribution is 5.92. The Balaban J connectivity index is 1.40. The fraction of sp³-hybridized carbons (Fsp3) is 0.353. The van der Waals surface area contributed by atoms with Gasteiger partial charge in [0.1, 0.15) is 23.4 Å². The fourth-order valence-electron chi connectivity index (χ4n) is 6.23. The number of aromatic nitrogens is 3. The van der Waals surface area contributed by atoms with Crippen molar-refractivity contribution < 1.29 is 50.5 Å². The summed E-state index contributed by atoms with van der Waals surface area (Å²) in [6.45, 7) is 4.37. The Morgan fingerprint density at radius 3 is 2.24 bits per heavy atom. The maximum absolute atomic E-state index is 13.6. The van der Waals surface area contributed by atoms with E-state index in [1.807, 2.05) is 4.90 Å². The summed E-state index contributed by atoms with van der Waals surface area (Å²) < 4.78 is 93.4. The van der Waals surface area contributed by atoms with Gasteiger partial charge in [-0.3, -0.25) is 9.58 Å². The number of aryl methyl sites for hydroxylation is 1. The molecule has 0 unspecified atom stereocenters. The molecule has 2 saturated heterocycles. The molecule has 4 aromatic rings. The van der Waals surface area contributed by atoms with Crippen LogP contribution in [0.3, 0.4) is 0 Å². The number of benzene rings is 2. The van der Waals surface area contributed by atoms with Crippen LogP contribution in [-0.2, 0) is 35.4 Å². The maximum Gasteiger partial charge on any atom is 0.416 e. The number of rotatable bonds is 7. The lowest BCUT2D eigenvalue weighted by molar-refractivity contribution is -0.143. The van der Waals surface area contributed by atoms with Crippen LogP contribution in [0.4, 0.5) is 37.0 Å². The molecule has 2 aromatic carbocycles. The van der Waals surface area contributed by atoms with Gasteiger partial charge in [-0.1, -0.05) is 0 Å². The second-order valence-electron chi connectivity index (χ2n) is 12.2. The number of cyclic esters (lactones) is 1. The van der Waals surface area contributed by atoms with E-state index in [9.17, 15) is 41.0 Å². The number of phenolic OH excluding ortho intramolecular Hbond substituents is 1. The molecule has 0 radical (unpaired) electrons. The van der Waals surface area contributed by atoms with Crippen molar-refractivity contribution in [2.24, 2.45) is 7.05 Å². The number of carbonyl (C=O) groups excluding carboxylic acids is 2. The Hall–Kier alpha value is -5.28. The molecule has 0 spiro atoms. The number of nitrogens with zero attached hydrogens (tertiary/aromatic N) is 5. The third-order valence-electron chi connectivity index (χ3n) is 9.01. The molecule has 2 aromatic heterocycles. The van der Waals surface area contributed by atoms with Crippen molar-refractivity contribution in [2.75, 3.05) is 25.1 Å². The van der Waals surface area contributed by atoms with Gasteiger partial charge in [0.15, 0.2) is 0 Å². The molecule has 2 aliphatic heterocycles. The average molecular weight is 704 g/mol. The third-order valence-corrected chi connectivity index (χ3v) is 9.01. The largest absolute Gasteiger partial charge is 0.507 e. The normalized spacial score (nSPS) is 17.9. The fourth-order valence-corrected chi connectivity index (χ4v) is 6.23. The highest BCUT2D eigenvalue weighted by Gasteiger charge is 2.43. The first-order valence-electron chi connectivity index (χ1n) is 15.4. The molecule has 2 atom stereocenters. The van der Waals surface area contributed by atoms with Crippen LogP contribution in [0.1, 0.15) is 57.9 Å². The van der Waals surface area contributed by atoms with Crippen LogP contribution in [0.2, 0.25) is 0 Å². The van der Waals surface area contributed by atoms with E-state index < -0.39 is 53.3 Å². The number of alkyl halides is 6. The zero-order valence-electron chi connectivity index (χ0n) is 27.2. The van der Waals surface area contributed by atoms with Crippen LogP contribution in [0, 0.1) is 6.92 Å². The smallest absolute Gasteiger partial charge is 0.416 e. The van der Waals surface area contributed by atoms with Crippen LogP contribution < -0.4 is 4.90 Å². The van der Waals surface area contributed by atoms with Gasteiger partial charge in [-0.2, -0.15) is 31.4 Å². The van der Waals surface area contributed by atoms with Gasteiger partial charge in [0, 0.05) is 42.4 Å². The zero-order valence-corrected chi connectivity index (χ0v) is 27.2. The number of esters is 1. The standard InChI is InChI=1S/C34H31F6N5O5/c1-17-28(42-43(3)29(17)31(47)49-4)19-6-8-26(46)24(14-19)23-7-9-27(44-10-5-11-44)41-25(23)16-45-18(2)30(50-32(45)48)20-12-21(33(35,36)37)15-22(13-20)34(38,39)40/h6-9,12-15,18,30,46H,5,10-11,16H2,1-4H3/t18-,30-/m0/s1. The number of aromatic hydroxyl groups is 1. The number of methoxy groups -OCH3 is 1. The summed E-state index contributed by atoms with van der Waals surface area (Å²) in [5.74, 6) is -0.146. The number of amides is 1. The summed E-state index contributed by atoms with van der Waals surface area (Å²) in [4.78, 5) is 33.6. The number of phenols is 1. The van der Waals surface area contributed by atoms with Crippen LogP contribution in [0.25, 0.3) is 22.4 Å². The monoisotopic (exact) mass is 703 g/mol. The SMILES string of the molecule is COC(=O)c1c(C)c(-c2ccc(O)c(-c3ccc(N4CCC4)nc3CN3C(=O)O[C@H](c4cc(C(F)(F)F)cc(C(F)(F)F)c4)[C@@H]3C)c2)nn1C. The second-order valence-corrected chi connectivity index (χ2v) is 12.2. The first kappa shape index (κ1) is 34.6. The van der Waals surface area contributed by atoms with Gasteiger partial charge in [-0.15, -0.1) is 0 Å². The first-order chi connectivity index (χ1) is 23.5. The molecule has 16 heteroatoms. The summed E-state index contributed by atoms with van der Waals surface area (Å²) >= 11 is 0. The number of ether oxygens (including phenoxy) is 2. The number of halogens is 6. The molecule has 4 heterocycles. The number of anilines is 1. The van der Waals surface area contributed by atoms with Crippen molar-refractivity contribution in [1.29, 1.82) is 0 Å². The minimum atomic E-state index is -5.08. The van der Waals surface area contributed by atoms with Crippen LogP contribution in [0.5, 0.6) is 5.75 Å². The van der Waals surface area contributed by atoms with Crippen LogP contribution in [-0.4, -0.2) is 63.1 Å². The van der Waals surface area contributed by atoms with Gasteiger partial charge in [-0.05, 0) is 74.4 Å². The molecule has 1 N–H and O–H groups in total. The topological polar surface area (TPSA) is 110 Å². The lowest BCUT2D eigenvalue weighted by Crippen LogP contribution is -2.38. The van der Waals surface area contributed by atoms with Gasteiger partial charge < -0.3 is 19.5 Å². The van der Waals surface area contributed by atoms with E-state index in [0.29, 0.717) is 51.6 Å². The molecule has 0 bridgehead atoms. The molecule has 0 aliphatic carbocycles. The van der Waals surface area contributed by atoms with E-state index in [1.54, 1.807) is 38.2 Å². The number of hydrogen-bond donors (Lipinski definition) is 1. The molecule has 1 amide bonds. The molecule has 2 fully saturated rings. The summed E-state index contributed by atoms with van der Waals surface area (Å²) in [5.41, 5.74) is -0.758. The van der Waals surface area contributed by atoms with Gasteiger partial charge >= 0.3 is 24.4 Å². The van der Waals surface area contributed by atoms with E-state index in [0.717, 1.165) is 19.5 Å². The molecular weight excluding hydrogens is 672 g/mol. The first-order valence-corrected chi connectivity index (χ1v) is 15.4. The molecule has 0 saturated carbocycles. The summed E-state index contributed by atoms with van der Waals surface area (Å²) in [6.07, 6.45) is -11.6. The molecule has 10 nitrogen and oxygen atoms in total.